The monoisotopic (exact) mass is 294 g/mol. The van der Waals surface area contributed by atoms with Crippen molar-refractivity contribution in [1.82, 2.24) is 10.2 Å². The van der Waals surface area contributed by atoms with Crippen molar-refractivity contribution in [2.24, 2.45) is 0 Å². The van der Waals surface area contributed by atoms with Gasteiger partial charge in [-0.05, 0) is 45.3 Å². The third-order valence-electron chi connectivity index (χ3n) is 3.87. The molecule has 112 valence electrons. The molecule has 0 radical (unpaired) electrons. The topological polar surface area (TPSA) is 32.3 Å². The van der Waals surface area contributed by atoms with Gasteiger partial charge in [-0.25, -0.2) is 0 Å². The second kappa shape index (κ2) is 7.79. The van der Waals surface area contributed by atoms with Crippen LogP contribution in [0.4, 0.5) is 0 Å². The fraction of sp³-hybridized carbons (Fsp3) is 0.688. The van der Waals surface area contributed by atoms with E-state index in [-0.39, 0.29) is 11.9 Å². The fourth-order valence-electron chi connectivity index (χ4n) is 2.74. The van der Waals surface area contributed by atoms with Crippen LogP contribution in [-0.2, 0) is 6.42 Å². The zero-order valence-corrected chi connectivity index (χ0v) is 13.5. The minimum absolute atomic E-state index is 0.0725. The summed E-state index contributed by atoms with van der Waals surface area (Å²) in [5.41, 5.74) is 0.814. The van der Waals surface area contributed by atoms with E-state index in [4.69, 9.17) is 0 Å². The molecule has 0 saturated carbocycles. The average Bonchev–Trinajstić information content (AvgIpc) is 2.78. The number of carbonyl (C=O) groups is 1. The van der Waals surface area contributed by atoms with E-state index in [1.54, 1.807) is 11.3 Å². The van der Waals surface area contributed by atoms with Gasteiger partial charge in [0.2, 0.25) is 0 Å². The predicted octanol–water partition coefficient (Wildman–Crippen LogP) is 3.30. The Hall–Kier alpha value is -0.870. The van der Waals surface area contributed by atoms with E-state index in [1.807, 2.05) is 11.4 Å². The van der Waals surface area contributed by atoms with Crippen molar-refractivity contribution in [2.75, 3.05) is 19.6 Å². The van der Waals surface area contributed by atoms with Crippen LogP contribution in [0.5, 0.6) is 0 Å². The summed E-state index contributed by atoms with van der Waals surface area (Å²) >= 11 is 1.67. The van der Waals surface area contributed by atoms with Crippen molar-refractivity contribution in [2.45, 2.75) is 52.0 Å². The van der Waals surface area contributed by atoms with Crippen molar-refractivity contribution in [3.8, 4) is 0 Å². The molecule has 2 rings (SSSR count). The lowest BCUT2D eigenvalue weighted by Crippen LogP contribution is -2.42. The van der Waals surface area contributed by atoms with Crippen molar-refractivity contribution in [3.63, 3.8) is 0 Å². The lowest BCUT2D eigenvalue weighted by Gasteiger charge is -2.24. The second-order valence-corrected chi connectivity index (χ2v) is 6.74. The molecule has 1 amide bonds. The summed E-state index contributed by atoms with van der Waals surface area (Å²) in [6, 6.07) is 2.23. The Kier molecular flexibility index (Phi) is 6.05. The quantitative estimate of drug-likeness (QED) is 0.903. The van der Waals surface area contributed by atoms with Crippen molar-refractivity contribution >= 4 is 17.2 Å². The van der Waals surface area contributed by atoms with E-state index < -0.39 is 0 Å². The van der Waals surface area contributed by atoms with Gasteiger partial charge in [0.25, 0.3) is 5.91 Å². The number of nitrogens with one attached hydrogen (secondary N) is 1. The maximum atomic E-state index is 12.2. The number of carbonyl (C=O) groups excluding carboxylic acids is 1. The molecular weight excluding hydrogens is 268 g/mol. The Morgan fingerprint density at radius 1 is 1.35 bits per heavy atom. The van der Waals surface area contributed by atoms with E-state index in [0.29, 0.717) is 0 Å². The van der Waals surface area contributed by atoms with Crippen LogP contribution in [0.2, 0.25) is 0 Å². The number of hydrogen-bond donors (Lipinski definition) is 1. The van der Waals surface area contributed by atoms with Gasteiger partial charge in [0.15, 0.2) is 0 Å². The van der Waals surface area contributed by atoms with Crippen LogP contribution < -0.4 is 5.32 Å². The number of rotatable bonds is 5. The summed E-state index contributed by atoms with van der Waals surface area (Å²) in [5.74, 6) is 0.0725. The van der Waals surface area contributed by atoms with Crippen LogP contribution in [-0.4, -0.2) is 36.5 Å². The first-order chi connectivity index (χ1) is 9.69. The first kappa shape index (κ1) is 15.5. The molecule has 0 aromatic carbocycles. The highest BCUT2D eigenvalue weighted by Gasteiger charge is 2.15. The normalized spacial score (nSPS) is 18.5. The molecule has 1 saturated heterocycles. The van der Waals surface area contributed by atoms with Crippen LogP contribution in [0.25, 0.3) is 0 Å². The van der Waals surface area contributed by atoms with E-state index in [1.165, 1.54) is 43.6 Å². The molecule has 0 spiro atoms. The predicted molar refractivity (Wildman–Crippen MR) is 85.5 cm³/mol. The lowest BCUT2D eigenvalue weighted by atomic mass is 10.2. The van der Waals surface area contributed by atoms with Crippen LogP contribution >= 0.6 is 11.3 Å². The first-order valence-electron chi connectivity index (χ1n) is 7.79. The SMILES string of the molecule is CCc1cc(C(=O)NC(C)CN2CCCCCC2)cs1. The van der Waals surface area contributed by atoms with E-state index >= 15 is 0 Å². The molecule has 1 aliphatic rings. The summed E-state index contributed by atoms with van der Waals surface area (Å²) in [6.07, 6.45) is 6.30. The van der Waals surface area contributed by atoms with Crippen molar-refractivity contribution < 1.29 is 4.79 Å². The number of nitrogens with zero attached hydrogens (tertiary/aromatic N) is 1. The molecule has 1 atom stereocenters. The molecule has 0 bridgehead atoms. The summed E-state index contributed by atoms with van der Waals surface area (Å²) in [4.78, 5) is 15.9. The van der Waals surface area contributed by atoms with Crippen LogP contribution in [0, 0.1) is 0 Å². The average molecular weight is 294 g/mol. The molecule has 4 heteroatoms. The van der Waals surface area contributed by atoms with Gasteiger partial charge in [0, 0.05) is 22.8 Å². The van der Waals surface area contributed by atoms with Gasteiger partial charge in [0.05, 0.1) is 5.56 Å². The minimum Gasteiger partial charge on any atom is -0.348 e. The Labute approximate surface area is 126 Å². The maximum Gasteiger partial charge on any atom is 0.252 e. The number of likely N-dealkylation sites (tertiary alicyclic amines) is 1. The lowest BCUT2D eigenvalue weighted by molar-refractivity contribution is 0.0930. The Morgan fingerprint density at radius 3 is 2.65 bits per heavy atom. The van der Waals surface area contributed by atoms with Gasteiger partial charge in [-0.1, -0.05) is 19.8 Å². The first-order valence-corrected chi connectivity index (χ1v) is 8.67. The third-order valence-corrected chi connectivity index (χ3v) is 4.95. The summed E-state index contributed by atoms with van der Waals surface area (Å²) in [5, 5.41) is 5.09. The Morgan fingerprint density at radius 2 is 2.05 bits per heavy atom. The summed E-state index contributed by atoms with van der Waals surface area (Å²) < 4.78 is 0. The number of aryl methyl sites for hydroxylation is 1. The van der Waals surface area contributed by atoms with Crippen molar-refractivity contribution in [1.29, 1.82) is 0 Å². The van der Waals surface area contributed by atoms with E-state index in [0.717, 1.165) is 18.5 Å². The smallest absolute Gasteiger partial charge is 0.252 e. The molecule has 1 aromatic rings. The number of thiophene rings is 1. The zero-order chi connectivity index (χ0) is 14.4. The van der Waals surface area contributed by atoms with Crippen LogP contribution in [0.1, 0.15) is 54.8 Å². The molecule has 2 heterocycles. The number of amides is 1. The van der Waals surface area contributed by atoms with Gasteiger partial charge in [-0.3, -0.25) is 4.79 Å². The van der Waals surface area contributed by atoms with Crippen LogP contribution in [0.15, 0.2) is 11.4 Å². The molecule has 20 heavy (non-hydrogen) atoms. The summed E-state index contributed by atoms with van der Waals surface area (Å²) in [6.45, 7) is 7.55. The van der Waals surface area contributed by atoms with Gasteiger partial charge < -0.3 is 10.2 Å². The number of hydrogen-bond acceptors (Lipinski definition) is 3. The molecular formula is C16H26N2OS. The largest absolute Gasteiger partial charge is 0.348 e. The zero-order valence-electron chi connectivity index (χ0n) is 12.7. The van der Waals surface area contributed by atoms with E-state index in [9.17, 15) is 4.79 Å². The molecule has 1 aromatic heterocycles. The highest BCUT2D eigenvalue weighted by Crippen LogP contribution is 2.15. The van der Waals surface area contributed by atoms with Gasteiger partial charge in [0.1, 0.15) is 0 Å². The standard InChI is InChI=1S/C16H26N2OS/c1-3-15-10-14(12-20-15)16(19)17-13(2)11-18-8-6-4-5-7-9-18/h10,12-13H,3-9,11H2,1-2H3,(H,17,19). The molecule has 1 unspecified atom stereocenters. The third kappa shape index (κ3) is 4.60. The molecule has 1 N–H and O–H groups in total. The maximum absolute atomic E-state index is 12.2. The Bertz CT molecular complexity index is 422. The van der Waals surface area contributed by atoms with Gasteiger partial charge in [-0.15, -0.1) is 11.3 Å². The second-order valence-electron chi connectivity index (χ2n) is 5.74. The van der Waals surface area contributed by atoms with Gasteiger partial charge >= 0.3 is 0 Å². The Balaban J connectivity index is 1.80. The van der Waals surface area contributed by atoms with Crippen molar-refractivity contribution in [3.05, 3.63) is 21.9 Å². The molecule has 0 aliphatic carbocycles. The highest BCUT2D eigenvalue weighted by molar-refractivity contribution is 7.10. The molecule has 3 nitrogen and oxygen atoms in total. The van der Waals surface area contributed by atoms with Gasteiger partial charge in [-0.2, -0.15) is 0 Å². The minimum atomic E-state index is 0.0725. The molecule has 1 fully saturated rings. The van der Waals surface area contributed by atoms with E-state index in [2.05, 4.69) is 24.1 Å². The highest BCUT2D eigenvalue weighted by atomic mass is 32.1. The van der Waals surface area contributed by atoms with Crippen LogP contribution in [0.3, 0.4) is 0 Å². The summed E-state index contributed by atoms with van der Waals surface area (Å²) in [7, 11) is 0. The fourth-order valence-corrected chi connectivity index (χ4v) is 3.56. The molecule has 1 aliphatic heterocycles.